The van der Waals surface area contributed by atoms with E-state index < -0.39 is 0 Å². The number of hydrogen-bond acceptors (Lipinski definition) is 5. The topological polar surface area (TPSA) is 58.4 Å². The molecule has 1 aromatic heterocycles. The first kappa shape index (κ1) is 13.7. The van der Waals surface area contributed by atoms with Gasteiger partial charge in [-0.1, -0.05) is 0 Å². The number of rotatable bonds is 5. The SMILES string of the molecule is COc1cc(-c2nc(C3CC3)n(C)n2)cc(OC)c1OC. The van der Waals surface area contributed by atoms with Crippen LogP contribution in [0.3, 0.4) is 0 Å². The fraction of sp³-hybridized carbons (Fsp3) is 0.467. The Labute approximate surface area is 123 Å². The molecule has 1 heterocycles. The van der Waals surface area contributed by atoms with E-state index in [9.17, 15) is 0 Å². The van der Waals surface area contributed by atoms with Crippen molar-refractivity contribution in [1.29, 1.82) is 0 Å². The zero-order valence-corrected chi connectivity index (χ0v) is 12.7. The molecule has 1 aromatic carbocycles. The van der Waals surface area contributed by atoms with Gasteiger partial charge in [-0.05, 0) is 25.0 Å². The minimum absolute atomic E-state index is 0.554. The minimum Gasteiger partial charge on any atom is -0.493 e. The summed E-state index contributed by atoms with van der Waals surface area (Å²) in [6, 6.07) is 3.74. The van der Waals surface area contributed by atoms with E-state index in [-0.39, 0.29) is 0 Å². The van der Waals surface area contributed by atoms with Crippen molar-refractivity contribution < 1.29 is 14.2 Å². The van der Waals surface area contributed by atoms with Crippen molar-refractivity contribution in [2.75, 3.05) is 21.3 Å². The molecule has 0 spiro atoms. The largest absolute Gasteiger partial charge is 0.493 e. The Morgan fingerprint density at radius 3 is 2.14 bits per heavy atom. The van der Waals surface area contributed by atoms with E-state index in [0.717, 1.165) is 11.4 Å². The maximum absolute atomic E-state index is 5.37. The first-order chi connectivity index (χ1) is 10.2. The number of aromatic nitrogens is 3. The van der Waals surface area contributed by atoms with Gasteiger partial charge in [0.05, 0.1) is 21.3 Å². The van der Waals surface area contributed by atoms with Crippen LogP contribution in [0.5, 0.6) is 17.2 Å². The molecule has 1 aliphatic carbocycles. The molecule has 0 atom stereocenters. The third-order valence-electron chi connectivity index (χ3n) is 3.66. The second kappa shape index (κ2) is 5.27. The van der Waals surface area contributed by atoms with Crippen LogP contribution >= 0.6 is 0 Å². The zero-order valence-electron chi connectivity index (χ0n) is 12.7. The molecule has 1 saturated carbocycles. The maximum Gasteiger partial charge on any atom is 0.203 e. The van der Waals surface area contributed by atoms with E-state index in [2.05, 4.69) is 10.1 Å². The van der Waals surface area contributed by atoms with Gasteiger partial charge in [0, 0.05) is 18.5 Å². The van der Waals surface area contributed by atoms with Crippen LogP contribution in [0.2, 0.25) is 0 Å². The molecule has 0 radical (unpaired) electrons. The Balaban J connectivity index is 2.07. The average Bonchev–Trinajstić information content (AvgIpc) is 3.28. The van der Waals surface area contributed by atoms with Crippen molar-refractivity contribution in [1.82, 2.24) is 14.8 Å². The smallest absolute Gasteiger partial charge is 0.203 e. The highest BCUT2D eigenvalue weighted by molar-refractivity contribution is 5.66. The molecule has 0 amide bonds. The molecule has 6 heteroatoms. The Kier molecular flexibility index (Phi) is 3.45. The fourth-order valence-corrected chi connectivity index (χ4v) is 2.43. The van der Waals surface area contributed by atoms with Gasteiger partial charge in [-0.15, -0.1) is 0 Å². The Morgan fingerprint density at radius 1 is 1.05 bits per heavy atom. The third-order valence-corrected chi connectivity index (χ3v) is 3.66. The van der Waals surface area contributed by atoms with Crippen molar-refractivity contribution in [2.45, 2.75) is 18.8 Å². The van der Waals surface area contributed by atoms with Crippen molar-refractivity contribution in [2.24, 2.45) is 7.05 Å². The molecule has 2 aromatic rings. The van der Waals surface area contributed by atoms with E-state index in [1.807, 2.05) is 23.9 Å². The van der Waals surface area contributed by atoms with Gasteiger partial charge in [0.25, 0.3) is 0 Å². The lowest BCUT2D eigenvalue weighted by atomic mass is 10.1. The quantitative estimate of drug-likeness (QED) is 0.846. The first-order valence-corrected chi connectivity index (χ1v) is 6.89. The Morgan fingerprint density at radius 2 is 1.67 bits per heavy atom. The van der Waals surface area contributed by atoms with Gasteiger partial charge in [-0.3, -0.25) is 4.68 Å². The number of hydrogen-bond donors (Lipinski definition) is 0. The van der Waals surface area contributed by atoms with Crippen molar-refractivity contribution in [3.05, 3.63) is 18.0 Å². The van der Waals surface area contributed by atoms with E-state index >= 15 is 0 Å². The van der Waals surface area contributed by atoms with Crippen LogP contribution in [-0.2, 0) is 7.05 Å². The van der Waals surface area contributed by atoms with E-state index in [0.29, 0.717) is 29.0 Å². The van der Waals surface area contributed by atoms with E-state index in [1.54, 1.807) is 21.3 Å². The molecular formula is C15H19N3O3. The van der Waals surface area contributed by atoms with Crippen LogP contribution in [0.25, 0.3) is 11.4 Å². The summed E-state index contributed by atoms with van der Waals surface area (Å²) in [6.07, 6.45) is 2.39. The summed E-state index contributed by atoms with van der Waals surface area (Å²) in [7, 11) is 6.72. The molecule has 112 valence electrons. The van der Waals surface area contributed by atoms with Gasteiger partial charge in [0.15, 0.2) is 17.3 Å². The summed E-state index contributed by atoms with van der Waals surface area (Å²) in [4.78, 5) is 4.65. The van der Waals surface area contributed by atoms with Crippen molar-refractivity contribution >= 4 is 0 Å². The van der Waals surface area contributed by atoms with E-state index in [1.165, 1.54) is 12.8 Å². The summed E-state index contributed by atoms with van der Waals surface area (Å²) in [5.41, 5.74) is 0.854. The minimum atomic E-state index is 0.554. The van der Waals surface area contributed by atoms with Gasteiger partial charge < -0.3 is 14.2 Å². The summed E-state index contributed by atoms with van der Waals surface area (Å²) < 4.78 is 17.9. The molecule has 3 rings (SSSR count). The maximum atomic E-state index is 5.37. The highest BCUT2D eigenvalue weighted by Crippen LogP contribution is 2.42. The van der Waals surface area contributed by atoms with Crippen molar-refractivity contribution in [3.8, 4) is 28.6 Å². The Bertz CT molecular complexity index is 637. The first-order valence-electron chi connectivity index (χ1n) is 6.89. The standard InChI is InChI=1S/C15H19N3O3/c1-18-15(9-5-6-9)16-14(17-18)10-7-11(19-2)13(21-4)12(8-10)20-3/h7-9H,5-6H2,1-4H3. The molecule has 0 saturated heterocycles. The number of aryl methyl sites for hydroxylation is 1. The monoisotopic (exact) mass is 289 g/mol. The molecule has 0 N–H and O–H groups in total. The molecule has 1 fully saturated rings. The second-order valence-electron chi connectivity index (χ2n) is 5.11. The molecule has 21 heavy (non-hydrogen) atoms. The van der Waals surface area contributed by atoms with E-state index in [4.69, 9.17) is 14.2 Å². The van der Waals surface area contributed by atoms with Crippen LogP contribution in [0.15, 0.2) is 12.1 Å². The third kappa shape index (κ3) is 2.41. The predicted molar refractivity (Wildman–Crippen MR) is 78.1 cm³/mol. The summed E-state index contributed by atoms with van der Waals surface area (Å²) in [6.45, 7) is 0. The number of ether oxygens (including phenoxy) is 3. The normalized spacial score (nSPS) is 14.1. The predicted octanol–water partition coefficient (Wildman–Crippen LogP) is 2.39. The number of nitrogens with zero attached hydrogens (tertiary/aromatic N) is 3. The lowest BCUT2D eigenvalue weighted by Crippen LogP contribution is -1.97. The van der Waals surface area contributed by atoms with Crippen LogP contribution in [0.4, 0.5) is 0 Å². The van der Waals surface area contributed by atoms with Crippen molar-refractivity contribution in [3.63, 3.8) is 0 Å². The number of benzene rings is 1. The van der Waals surface area contributed by atoms with Crippen LogP contribution < -0.4 is 14.2 Å². The molecular weight excluding hydrogens is 270 g/mol. The van der Waals surface area contributed by atoms with Gasteiger partial charge >= 0.3 is 0 Å². The highest BCUT2D eigenvalue weighted by atomic mass is 16.5. The number of methoxy groups -OCH3 is 3. The second-order valence-corrected chi connectivity index (χ2v) is 5.11. The average molecular weight is 289 g/mol. The zero-order chi connectivity index (χ0) is 15.0. The summed E-state index contributed by atoms with van der Waals surface area (Å²) >= 11 is 0. The lowest BCUT2D eigenvalue weighted by Gasteiger charge is -2.12. The Hall–Kier alpha value is -2.24. The van der Waals surface area contributed by atoms with Crippen LogP contribution in [0, 0.1) is 0 Å². The molecule has 0 unspecified atom stereocenters. The molecule has 6 nitrogen and oxygen atoms in total. The summed E-state index contributed by atoms with van der Waals surface area (Å²) in [5, 5.41) is 4.50. The van der Waals surface area contributed by atoms with Gasteiger partial charge in [0.2, 0.25) is 5.75 Å². The van der Waals surface area contributed by atoms with Gasteiger partial charge in [-0.2, -0.15) is 5.10 Å². The lowest BCUT2D eigenvalue weighted by molar-refractivity contribution is 0.324. The van der Waals surface area contributed by atoms with Gasteiger partial charge in [0.1, 0.15) is 5.82 Å². The molecule has 0 aliphatic heterocycles. The van der Waals surface area contributed by atoms with Gasteiger partial charge in [-0.25, -0.2) is 4.98 Å². The van der Waals surface area contributed by atoms with Crippen LogP contribution in [0.1, 0.15) is 24.6 Å². The molecule has 1 aliphatic rings. The summed E-state index contributed by atoms with van der Waals surface area (Å²) in [5.74, 6) is 4.05. The highest BCUT2D eigenvalue weighted by Gasteiger charge is 2.29. The van der Waals surface area contributed by atoms with Crippen LogP contribution in [-0.4, -0.2) is 36.1 Å². The fourth-order valence-electron chi connectivity index (χ4n) is 2.43. The molecule has 0 bridgehead atoms.